The summed E-state index contributed by atoms with van der Waals surface area (Å²) in [7, 11) is 6.90. The van der Waals surface area contributed by atoms with Gasteiger partial charge in [-0.05, 0) is 120 Å². The number of hydrogen-bond acceptors (Lipinski definition) is 16. The molecule has 2 saturated heterocycles. The summed E-state index contributed by atoms with van der Waals surface area (Å²) in [6, 6.07) is 19.2. The molecule has 3 aliphatic heterocycles. The standard InChI is InChI=1S/C45H53N7O9.C22H26N6O4/c1-6-20-60-45(57)52-36-25-37(28(2)23-33(36)43(56)51-19-9-7-12-34(51)44(52)61-40-14-8-10-21-59-40)58-22-11-13-39(54)47-38-27-50(5)41(48-38)42(55)46-32-17-15-30(16-18-32)31-24-35(29(3)53)49(4)26-31;1-13(29)18-24-16(11-27(18)5)14-7-9-15(10-8-14)23-20(30)19-25-17(12-28(19)6)26-21(31)32-22(2,3)4/h6,15-18,23-27,34,40,44H,1,7-14,19-22H2,2-5H3,(H,46,55)(H,47,54);7-12H,1-6H3,(H,23,30)(H,26,31)/t34-,40?,44?;/m0./s1. The number of ketones is 2. The van der Waals surface area contributed by atoms with Crippen molar-refractivity contribution in [1.29, 1.82) is 0 Å². The molecule has 2 unspecified atom stereocenters. The Balaban J connectivity index is 0.000000268. The number of carbonyl (C=O) groups excluding carboxylic acids is 8. The maximum atomic E-state index is 14.2. The summed E-state index contributed by atoms with van der Waals surface area (Å²) in [6.07, 6.45) is 10.8. The lowest BCUT2D eigenvalue weighted by molar-refractivity contribution is -0.198. The van der Waals surface area contributed by atoms with Crippen molar-refractivity contribution in [3.63, 3.8) is 0 Å². The van der Waals surface area contributed by atoms with Crippen LogP contribution in [0.4, 0.5) is 38.3 Å². The summed E-state index contributed by atoms with van der Waals surface area (Å²) in [5.41, 5.74) is 5.68. The number of fused-ring (bicyclic) bond motifs is 2. The van der Waals surface area contributed by atoms with Crippen LogP contribution in [0.2, 0.25) is 0 Å². The van der Waals surface area contributed by atoms with Crippen molar-refractivity contribution in [3.05, 3.63) is 138 Å². The fraction of sp³-hybridized carbons (Fsp3) is 0.388. The van der Waals surface area contributed by atoms with Crippen molar-refractivity contribution < 1.29 is 62.0 Å². The molecule has 3 atom stereocenters. The zero-order valence-electron chi connectivity index (χ0n) is 54.0. The number of nitrogens with zero attached hydrogens (tertiary/aromatic N) is 9. The predicted molar refractivity (Wildman–Crippen MR) is 347 cm³/mol. The van der Waals surface area contributed by atoms with Crippen LogP contribution in [0.25, 0.3) is 22.4 Å². The molecule has 26 nitrogen and oxygen atoms in total. The largest absolute Gasteiger partial charge is 0.493 e. The smallest absolute Gasteiger partial charge is 0.416 e. The summed E-state index contributed by atoms with van der Waals surface area (Å²) >= 11 is 0. The lowest BCUT2D eigenvalue weighted by atomic mass is 10.00. The first-order chi connectivity index (χ1) is 44.3. The monoisotopic (exact) mass is 1270 g/mol. The van der Waals surface area contributed by atoms with Crippen LogP contribution < -0.4 is 30.9 Å². The van der Waals surface area contributed by atoms with Crippen molar-refractivity contribution in [1.82, 2.24) is 38.1 Å². The number of piperidine rings is 1. The molecule has 0 bridgehead atoms. The van der Waals surface area contributed by atoms with Crippen LogP contribution in [-0.2, 0) is 51.9 Å². The molecule has 4 aromatic heterocycles. The molecule has 0 spiro atoms. The summed E-state index contributed by atoms with van der Waals surface area (Å²) in [6.45, 7) is 15.0. The third-order valence-electron chi connectivity index (χ3n) is 15.5. The number of hydrogen-bond donors (Lipinski definition) is 4. The Labute approximate surface area is 538 Å². The van der Waals surface area contributed by atoms with Crippen LogP contribution in [0, 0.1) is 6.92 Å². The van der Waals surface area contributed by atoms with Crippen molar-refractivity contribution >= 4 is 76.1 Å². The second-order valence-corrected chi connectivity index (χ2v) is 24.0. The number of rotatable bonds is 19. The first-order valence-electron chi connectivity index (χ1n) is 30.7. The zero-order chi connectivity index (χ0) is 66.8. The van der Waals surface area contributed by atoms with Crippen LogP contribution in [-0.4, -0.2) is 136 Å². The molecule has 6 amide bonds. The van der Waals surface area contributed by atoms with E-state index in [1.54, 1.807) is 112 Å². The number of Topliss-reactive ketones (excluding diaryl/α,β-unsaturated/α-hetero) is 2. The molecule has 0 saturated carbocycles. The highest BCUT2D eigenvalue weighted by Gasteiger charge is 2.47. The maximum Gasteiger partial charge on any atom is 0.416 e. The van der Waals surface area contributed by atoms with Gasteiger partial charge in [0.15, 0.2) is 41.5 Å². The van der Waals surface area contributed by atoms with Crippen LogP contribution in [0.15, 0.2) is 104 Å². The van der Waals surface area contributed by atoms with Gasteiger partial charge in [0.25, 0.3) is 17.7 Å². The van der Waals surface area contributed by atoms with E-state index in [0.717, 1.165) is 42.4 Å². The number of anilines is 5. The van der Waals surface area contributed by atoms with Gasteiger partial charge in [-0.2, -0.15) is 0 Å². The van der Waals surface area contributed by atoms with E-state index < -0.39 is 48.2 Å². The SMILES string of the molecule is C=CCOC(=O)N1c2cc(OCCCC(=O)Nc3cn(C)c(C(=O)Nc4ccc(-c5cc(C(C)=O)n(C)c5)cc4)n3)c(C)cc2C(=O)N2CCCC[C@H]2C1OC1CCCCO1.CC(=O)c1nc(-c2ccc(NC(=O)c3nc(NC(=O)OC(C)(C)C)cn3C)cc2)cn1C. The molecule has 93 heavy (non-hydrogen) atoms. The molecule has 490 valence electrons. The number of imidazole rings is 3. The Hall–Kier alpha value is -10.2. The Bertz CT molecular complexity index is 3940. The van der Waals surface area contributed by atoms with Crippen LogP contribution in [0.3, 0.4) is 0 Å². The average Bonchev–Trinajstić information content (AvgIpc) is 1.65. The Morgan fingerprint density at radius 2 is 1.32 bits per heavy atom. The number of benzene rings is 3. The van der Waals surface area contributed by atoms with Gasteiger partial charge in [-0.3, -0.25) is 34.1 Å². The number of aromatic nitrogens is 7. The van der Waals surface area contributed by atoms with Gasteiger partial charge < -0.3 is 62.8 Å². The van der Waals surface area contributed by atoms with E-state index in [-0.39, 0.29) is 66.3 Å². The predicted octanol–water partition coefficient (Wildman–Crippen LogP) is 10.6. The molecule has 0 radical (unpaired) electrons. The molecule has 7 aromatic rings. The highest BCUT2D eigenvalue weighted by atomic mass is 16.7. The molecular weight excluding hydrogens is 1190 g/mol. The van der Waals surface area contributed by atoms with Gasteiger partial charge in [-0.15, -0.1) is 0 Å². The molecule has 4 N–H and O–H groups in total. The van der Waals surface area contributed by atoms with Gasteiger partial charge >= 0.3 is 12.2 Å². The topological polar surface area (TPSA) is 296 Å². The summed E-state index contributed by atoms with van der Waals surface area (Å²) in [5.74, 6) is -0.0638. The fourth-order valence-electron chi connectivity index (χ4n) is 11.1. The Kier molecular flexibility index (Phi) is 21.2. The van der Waals surface area contributed by atoms with Crippen LogP contribution >= 0.6 is 0 Å². The zero-order valence-corrected chi connectivity index (χ0v) is 54.0. The number of aryl methyl sites for hydroxylation is 5. The molecule has 3 aliphatic rings. The van der Waals surface area contributed by atoms with E-state index in [0.29, 0.717) is 83.6 Å². The number of carbonyl (C=O) groups is 8. The number of ether oxygens (including phenoxy) is 5. The number of amides is 6. The summed E-state index contributed by atoms with van der Waals surface area (Å²) in [4.78, 5) is 118. The quantitative estimate of drug-likeness (QED) is 0.0332. The first-order valence-corrected chi connectivity index (χ1v) is 30.7. The molecular formula is C67H79N13O13. The second-order valence-electron chi connectivity index (χ2n) is 24.0. The van der Waals surface area contributed by atoms with Crippen molar-refractivity contribution in [2.75, 3.05) is 52.5 Å². The second kappa shape index (κ2) is 29.4. The van der Waals surface area contributed by atoms with Crippen molar-refractivity contribution in [2.24, 2.45) is 28.2 Å². The average molecular weight is 1270 g/mol. The van der Waals surface area contributed by atoms with E-state index in [1.165, 1.54) is 40.2 Å². The van der Waals surface area contributed by atoms with Gasteiger partial charge in [0.2, 0.25) is 17.6 Å². The highest BCUT2D eigenvalue weighted by Crippen LogP contribution is 2.40. The minimum absolute atomic E-state index is 0.0234. The number of nitrogens with one attached hydrogen (secondary N) is 4. The van der Waals surface area contributed by atoms with Crippen LogP contribution in [0.1, 0.15) is 144 Å². The maximum absolute atomic E-state index is 14.2. The third kappa shape index (κ3) is 16.7. The third-order valence-corrected chi connectivity index (χ3v) is 15.5. The molecule has 2 fully saturated rings. The van der Waals surface area contributed by atoms with E-state index >= 15 is 0 Å². The van der Waals surface area contributed by atoms with Gasteiger partial charge in [0, 0.05) is 115 Å². The van der Waals surface area contributed by atoms with E-state index in [4.69, 9.17) is 23.7 Å². The molecule has 0 aliphatic carbocycles. The van der Waals surface area contributed by atoms with E-state index in [9.17, 15) is 38.4 Å². The van der Waals surface area contributed by atoms with Crippen LogP contribution in [0.5, 0.6) is 5.75 Å². The minimum atomic E-state index is -0.862. The first kappa shape index (κ1) is 67.2. The minimum Gasteiger partial charge on any atom is -0.493 e. The normalized spacial score (nSPS) is 16.1. The summed E-state index contributed by atoms with van der Waals surface area (Å²) < 4.78 is 36.0. The lowest BCUT2D eigenvalue weighted by Gasteiger charge is -2.42. The van der Waals surface area contributed by atoms with Crippen molar-refractivity contribution in [2.45, 2.75) is 117 Å². The lowest BCUT2D eigenvalue weighted by Crippen LogP contribution is -2.57. The van der Waals surface area contributed by atoms with E-state index in [1.807, 2.05) is 43.3 Å². The molecule has 26 heteroatoms. The molecule has 3 aromatic carbocycles. The van der Waals surface area contributed by atoms with Gasteiger partial charge in [0.1, 0.15) is 18.0 Å². The molecule has 7 heterocycles. The van der Waals surface area contributed by atoms with Crippen molar-refractivity contribution in [3.8, 4) is 28.1 Å². The van der Waals surface area contributed by atoms with Gasteiger partial charge in [-0.1, -0.05) is 36.9 Å². The summed E-state index contributed by atoms with van der Waals surface area (Å²) in [5, 5.41) is 10.9. The fourth-order valence-corrected chi connectivity index (χ4v) is 11.1. The highest BCUT2D eigenvalue weighted by molar-refractivity contribution is 6.06. The van der Waals surface area contributed by atoms with Gasteiger partial charge in [-0.25, -0.2) is 29.4 Å². The van der Waals surface area contributed by atoms with Gasteiger partial charge in [0.05, 0.1) is 35.3 Å². The molecule has 10 rings (SSSR count). The van der Waals surface area contributed by atoms with E-state index in [2.05, 4.69) is 42.8 Å². The Morgan fingerprint density at radius 3 is 1.90 bits per heavy atom. The Morgan fingerprint density at radius 1 is 0.699 bits per heavy atom.